The molecule has 0 radical (unpaired) electrons. The molecule has 1 fully saturated rings. The minimum Gasteiger partial charge on any atom is -0.508 e. The van der Waals surface area contributed by atoms with Crippen LogP contribution in [-0.2, 0) is 27.3 Å². The van der Waals surface area contributed by atoms with Gasteiger partial charge in [-0.1, -0.05) is 0 Å². The third-order valence-corrected chi connectivity index (χ3v) is 8.50. The van der Waals surface area contributed by atoms with Gasteiger partial charge in [0.05, 0.1) is 18.7 Å². The Morgan fingerprint density at radius 3 is 2.31 bits per heavy atom. The maximum absolute atomic E-state index is 13.9. The highest BCUT2D eigenvalue weighted by Gasteiger charge is 2.64. The zero-order valence-corrected chi connectivity index (χ0v) is 23.3. The highest BCUT2D eigenvalue weighted by molar-refractivity contribution is 6.24. The van der Waals surface area contributed by atoms with Crippen LogP contribution in [0.1, 0.15) is 43.9 Å². The van der Waals surface area contributed by atoms with Gasteiger partial charge < -0.3 is 30.9 Å². The lowest BCUT2D eigenvalue weighted by atomic mass is 9.57. The van der Waals surface area contributed by atoms with Gasteiger partial charge in [0.1, 0.15) is 28.6 Å². The van der Waals surface area contributed by atoms with Gasteiger partial charge in [-0.25, -0.2) is 0 Å². The fourth-order valence-corrected chi connectivity index (χ4v) is 6.22. The number of carbonyl (C=O) groups is 3. The number of rotatable bonds is 5. The van der Waals surface area contributed by atoms with Crippen LogP contribution in [0.5, 0.6) is 11.5 Å². The van der Waals surface area contributed by atoms with E-state index in [1.807, 2.05) is 27.8 Å². The van der Waals surface area contributed by atoms with Gasteiger partial charge in [-0.2, -0.15) is 0 Å². The van der Waals surface area contributed by atoms with Crippen LogP contribution in [0.2, 0.25) is 0 Å². The van der Waals surface area contributed by atoms with E-state index in [4.69, 9.17) is 10.5 Å². The molecule has 39 heavy (non-hydrogen) atoms. The summed E-state index contributed by atoms with van der Waals surface area (Å²) in [5, 5.41) is 45.0. The Kier molecular flexibility index (Phi) is 6.86. The normalized spacial score (nSPS) is 27.1. The van der Waals surface area contributed by atoms with Crippen LogP contribution in [-0.4, -0.2) is 93.1 Å². The molecule has 0 unspecified atom stereocenters. The molecular weight excluding hydrogens is 506 g/mol. The van der Waals surface area contributed by atoms with E-state index in [2.05, 4.69) is 4.90 Å². The molecule has 3 aliphatic carbocycles. The summed E-state index contributed by atoms with van der Waals surface area (Å²) in [5.41, 5.74) is 2.67. The molecule has 0 aromatic heterocycles. The van der Waals surface area contributed by atoms with Crippen molar-refractivity contribution in [1.29, 1.82) is 0 Å². The lowest BCUT2D eigenvalue weighted by Gasteiger charge is -2.50. The summed E-state index contributed by atoms with van der Waals surface area (Å²) >= 11 is 0. The molecule has 4 rings (SSSR count). The van der Waals surface area contributed by atoms with Gasteiger partial charge >= 0.3 is 0 Å². The van der Waals surface area contributed by atoms with E-state index in [1.54, 1.807) is 14.1 Å². The number of primary amides is 1. The van der Waals surface area contributed by atoms with Crippen LogP contribution in [0.3, 0.4) is 0 Å². The second-order valence-corrected chi connectivity index (χ2v) is 11.9. The summed E-state index contributed by atoms with van der Waals surface area (Å²) in [7, 11) is 6.55. The molecule has 1 aromatic rings. The molecule has 6 N–H and O–H groups in total. The van der Waals surface area contributed by atoms with Crippen molar-refractivity contribution in [3.63, 3.8) is 0 Å². The van der Waals surface area contributed by atoms with Crippen LogP contribution >= 0.6 is 0 Å². The SMILES string of the molecule is COc1c(CN(C)C(C)(C)C)cc(O)c2c1C[C@H]1C[C@H]3[C@H](N(C)C)C(=O)C(C(N)=O)=C(O)[C@@]3(O)C(=O)C1=C2O. The number of hydrogen-bond acceptors (Lipinski definition) is 10. The van der Waals surface area contributed by atoms with Crippen LogP contribution in [0.4, 0.5) is 0 Å². The van der Waals surface area contributed by atoms with E-state index in [1.165, 1.54) is 18.1 Å². The number of aliphatic hydroxyl groups excluding tert-OH is 2. The van der Waals surface area contributed by atoms with E-state index >= 15 is 0 Å². The number of Topliss-reactive ketones (excluding diaryl/α,β-unsaturated/α-hetero) is 2. The largest absolute Gasteiger partial charge is 0.508 e. The van der Waals surface area contributed by atoms with Crippen molar-refractivity contribution in [2.75, 3.05) is 28.3 Å². The first-order chi connectivity index (χ1) is 18.0. The van der Waals surface area contributed by atoms with E-state index < -0.39 is 58.0 Å². The van der Waals surface area contributed by atoms with Crippen molar-refractivity contribution < 1.29 is 39.5 Å². The number of aromatic hydroxyl groups is 1. The summed E-state index contributed by atoms with van der Waals surface area (Å²) in [6.45, 7) is 6.58. The van der Waals surface area contributed by atoms with Crippen LogP contribution in [0.25, 0.3) is 5.76 Å². The Balaban J connectivity index is 1.93. The number of methoxy groups -OCH3 is 1. The third kappa shape index (κ3) is 4.11. The molecule has 1 amide bonds. The first kappa shape index (κ1) is 28.6. The van der Waals surface area contributed by atoms with Gasteiger partial charge in [-0.05, 0) is 66.7 Å². The number of benzene rings is 1. The molecule has 0 spiro atoms. The third-order valence-electron chi connectivity index (χ3n) is 8.50. The van der Waals surface area contributed by atoms with E-state index in [-0.39, 0.29) is 35.3 Å². The quantitative estimate of drug-likeness (QED) is 0.340. The average Bonchev–Trinajstić information content (AvgIpc) is 2.80. The predicted octanol–water partition coefficient (Wildman–Crippen LogP) is 1.20. The first-order valence-corrected chi connectivity index (χ1v) is 12.8. The van der Waals surface area contributed by atoms with E-state index in [0.717, 1.165) is 0 Å². The van der Waals surface area contributed by atoms with Crippen molar-refractivity contribution in [3.05, 3.63) is 39.7 Å². The zero-order valence-electron chi connectivity index (χ0n) is 23.3. The number of nitrogens with two attached hydrogens (primary N) is 1. The zero-order chi connectivity index (χ0) is 29.4. The molecule has 0 aliphatic heterocycles. The molecule has 11 heteroatoms. The molecule has 11 nitrogen and oxygen atoms in total. The Morgan fingerprint density at radius 1 is 1.18 bits per heavy atom. The van der Waals surface area contributed by atoms with Crippen molar-refractivity contribution in [3.8, 4) is 11.5 Å². The minimum atomic E-state index is -2.67. The molecule has 212 valence electrons. The van der Waals surface area contributed by atoms with Crippen molar-refractivity contribution in [1.82, 2.24) is 9.80 Å². The number of aliphatic hydroxyl groups is 3. The molecular formula is C28H37N3O8. The Morgan fingerprint density at radius 2 is 1.79 bits per heavy atom. The van der Waals surface area contributed by atoms with Crippen LogP contribution < -0.4 is 10.5 Å². The number of phenols is 1. The fourth-order valence-electron chi connectivity index (χ4n) is 6.22. The first-order valence-electron chi connectivity index (χ1n) is 12.8. The molecule has 1 aromatic carbocycles. The number of carbonyl (C=O) groups excluding carboxylic acids is 3. The minimum absolute atomic E-state index is 0.00491. The van der Waals surface area contributed by atoms with Gasteiger partial charge in [0.2, 0.25) is 5.78 Å². The molecule has 0 saturated heterocycles. The highest BCUT2D eigenvalue weighted by Crippen LogP contribution is 2.54. The van der Waals surface area contributed by atoms with Gasteiger partial charge in [-0.3, -0.25) is 24.2 Å². The summed E-state index contributed by atoms with van der Waals surface area (Å²) < 4.78 is 5.76. The maximum Gasteiger partial charge on any atom is 0.255 e. The second kappa shape index (κ2) is 9.35. The van der Waals surface area contributed by atoms with Gasteiger partial charge in [0.15, 0.2) is 11.4 Å². The molecule has 0 bridgehead atoms. The number of likely N-dealkylation sites (N-methyl/N-ethyl adjacent to an activating group) is 1. The summed E-state index contributed by atoms with van der Waals surface area (Å²) in [5.74, 6) is -6.37. The smallest absolute Gasteiger partial charge is 0.255 e. The molecule has 0 heterocycles. The van der Waals surface area contributed by atoms with Gasteiger partial charge in [0.25, 0.3) is 5.91 Å². The van der Waals surface area contributed by atoms with Crippen molar-refractivity contribution in [2.45, 2.75) is 57.3 Å². The summed E-state index contributed by atoms with van der Waals surface area (Å²) in [6, 6.07) is 0.343. The highest BCUT2D eigenvalue weighted by atomic mass is 16.5. The number of amides is 1. The average molecular weight is 544 g/mol. The van der Waals surface area contributed by atoms with Crippen molar-refractivity contribution >= 4 is 23.2 Å². The lowest BCUT2D eigenvalue weighted by Crippen LogP contribution is -2.65. The number of fused-ring (bicyclic) bond motifs is 3. The van der Waals surface area contributed by atoms with E-state index in [0.29, 0.717) is 23.4 Å². The maximum atomic E-state index is 13.9. The second-order valence-electron chi connectivity index (χ2n) is 11.9. The van der Waals surface area contributed by atoms with Crippen LogP contribution in [0.15, 0.2) is 23.0 Å². The molecule has 1 saturated carbocycles. The van der Waals surface area contributed by atoms with Gasteiger partial charge in [-0.15, -0.1) is 0 Å². The predicted molar refractivity (Wildman–Crippen MR) is 142 cm³/mol. The molecule has 4 atom stereocenters. The number of nitrogens with zero attached hydrogens (tertiary/aromatic N) is 2. The Hall–Kier alpha value is -3.41. The molecule has 3 aliphatic rings. The fraction of sp³-hybridized carbons (Fsp3) is 0.536. The van der Waals surface area contributed by atoms with Crippen molar-refractivity contribution in [2.24, 2.45) is 17.6 Å². The Labute approximate surface area is 227 Å². The number of hydrogen-bond donors (Lipinski definition) is 5. The van der Waals surface area contributed by atoms with Gasteiger partial charge in [0, 0.05) is 34.7 Å². The van der Waals surface area contributed by atoms with E-state index in [9.17, 15) is 34.8 Å². The standard InChI is InChI=1S/C28H37N3O8/c1-27(2,3)31(6)11-13-10-16(32)18-14(23(13)39-7)8-12-9-15-20(30(4)5)22(34)19(26(29)37)25(36)28(15,38)24(35)17(12)21(18)33/h10,12,15,20,32-33,36,38H,8-9,11H2,1-7H3,(H2,29,37)/t12-,15-,20-,28-/m0/s1. The monoisotopic (exact) mass is 543 g/mol. The lowest BCUT2D eigenvalue weighted by molar-refractivity contribution is -0.153. The summed E-state index contributed by atoms with van der Waals surface area (Å²) in [4.78, 5) is 42.8. The topological polar surface area (TPSA) is 174 Å². The Bertz CT molecular complexity index is 1340. The number of phenolic OH excluding ortho intramolecular Hbond substituents is 1. The van der Waals surface area contributed by atoms with Crippen LogP contribution in [0, 0.1) is 11.8 Å². The summed E-state index contributed by atoms with van der Waals surface area (Å²) in [6.07, 6.45) is 0.181. The number of ether oxygens (including phenoxy) is 1. The number of ketones is 2.